The van der Waals surface area contributed by atoms with Gasteiger partial charge in [0.05, 0.1) is 0 Å². The van der Waals surface area contributed by atoms with Crippen molar-refractivity contribution in [2.75, 3.05) is 19.6 Å². The Hall–Kier alpha value is -2.51. The second-order valence-electron chi connectivity index (χ2n) is 6.01. The maximum atomic E-state index is 13.8. The Labute approximate surface area is 144 Å². The van der Waals surface area contributed by atoms with E-state index in [1.54, 1.807) is 0 Å². The summed E-state index contributed by atoms with van der Waals surface area (Å²) in [5.41, 5.74) is -0.588. The van der Waals surface area contributed by atoms with Gasteiger partial charge in [0.25, 0.3) is 5.91 Å². The first-order chi connectivity index (χ1) is 11.8. The monoisotopic (exact) mass is 354 g/mol. The highest BCUT2D eigenvalue weighted by molar-refractivity contribution is 5.94. The van der Waals surface area contributed by atoms with Crippen molar-refractivity contribution in [2.24, 2.45) is 0 Å². The first kappa shape index (κ1) is 18.8. The number of carboxylic acids is 1. The van der Waals surface area contributed by atoms with Gasteiger partial charge in [-0.05, 0) is 31.4 Å². The summed E-state index contributed by atoms with van der Waals surface area (Å²) in [6, 6.07) is 2.93. The number of nitrogens with zero attached hydrogens (tertiary/aromatic N) is 2. The Morgan fingerprint density at radius 2 is 1.84 bits per heavy atom. The largest absolute Gasteiger partial charge is 0.480 e. The average Bonchev–Trinajstić information content (AvgIpc) is 2.77. The Morgan fingerprint density at radius 3 is 2.40 bits per heavy atom. The molecule has 1 aliphatic heterocycles. The third-order valence-electron chi connectivity index (χ3n) is 4.31. The highest BCUT2D eigenvalue weighted by Gasteiger charge is 2.29. The topological polar surface area (TPSA) is 77.9 Å². The summed E-state index contributed by atoms with van der Waals surface area (Å²) < 4.78 is 27.6. The number of aliphatic carboxylic acids is 1. The summed E-state index contributed by atoms with van der Waals surface area (Å²) in [6.45, 7) is 1.38. The lowest BCUT2D eigenvalue weighted by Crippen LogP contribution is -2.43. The number of halogens is 2. The lowest BCUT2D eigenvalue weighted by Gasteiger charge is -2.28. The molecule has 1 unspecified atom stereocenters. The molecule has 8 heteroatoms. The zero-order valence-electron chi connectivity index (χ0n) is 13.9. The molecule has 1 aromatic carbocycles. The van der Waals surface area contributed by atoms with Crippen LogP contribution in [-0.2, 0) is 9.59 Å². The van der Waals surface area contributed by atoms with Gasteiger partial charge < -0.3 is 14.9 Å². The van der Waals surface area contributed by atoms with Crippen LogP contribution in [0.1, 0.15) is 36.5 Å². The van der Waals surface area contributed by atoms with Gasteiger partial charge in [-0.15, -0.1) is 0 Å². The molecule has 1 N–H and O–H groups in total. The van der Waals surface area contributed by atoms with Crippen LogP contribution in [-0.4, -0.2) is 58.4 Å². The Kier molecular flexibility index (Phi) is 6.06. The number of rotatable bonds is 4. The number of hydrogen-bond donors (Lipinski definition) is 1. The van der Waals surface area contributed by atoms with Crippen LogP contribution in [0.5, 0.6) is 0 Å². The van der Waals surface area contributed by atoms with Crippen molar-refractivity contribution in [3.8, 4) is 0 Å². The molecule has 0 aromatic heterocycles. The molecule has 136 valence electrons. The molecule has 6 nitrogen and oxygen atoms in total. The molecule has 2 rings (SSSR count). The molecule has 1 atom stereocenters. The van der Waals surface area contributed by atoms with E-state index in [-0.39, 0.29) is 18.5 Å². The number of amides is 2. The molecule has 1 aromatic rings. The van der Waals surface area contributed by atoms with Crippen molar-refractivity contribution in [3.63, 3.8) is 0 Å². The minimum atomic E-state index is -1.11. The van der Waals surface area contributed by atoms with E-state index in [1.807, 2.05) is 0 Å². The van der Waals surface area contributed by atoms with Crippen LogP contribution >= 0.6 is 0 Å². The molecular weight excluding hydrogens is 334 g/mol. The number of carbonyl (C=O) groups is 3. The molecule has 0 saturated carbocycles. The van der Waals surface area contributed by atoms with Crippen LogP contribution in [0.4, 0.5) is 8.78 Å². The highest BCUT2D eigenvalue weighted by atomic mass is 19.1. The smallest absolute Gasteiger partial charge is 0.323 e. The molecule has 0 aliphatic carbocycles. The molecule has 1 fully saturated rings. The fourth-order valence-electron chi connectivity index (χ4n) is 3.10. The average molecular weight is 354 g/mol. The highest BCUT2D eigenvalue weighted by Crippen LogP contribution is 2.21. The van der Waals surface area contributed by atoms with Gasteiger partial charge in [-0.3, -0.25) is 14.4 Å². The Bertz CT molecular complexity index is 660. The van der Waals surface area contributed by atoms with Crippen molar-refractivity contribution in [1.29, 1.82) is 0 Å². The number of carboxylic acid groups (broad SMARTS) is 1. The van der Waals surface area contributed by atoms with Crippen molar-refractivity contribution in [2.45, 2.75) is 32.2 Å². The van der Waals surface area contributed by atoms with Crippen LogP contribution < -0.4 is 0 Å². The molecule has 0 bridgehead atoms. The summed E-state index contributed by atoms with van der Waals surface area (Å²) in [5.74, 6) is -4.03. The summed E-state index contributed by atoms with van der Waals surface area (Å²) in [5, 5.41) is 8.94. The zero-order chi connectivity index (χ0) is 18.6. The van der Waals surface area contributed by atoms with Crippen LogP contribution in [0, 0.1) is 11.6 Å². The van der Waals surface area contributed by atoms with E-state index < -0.39 is 35.6 Å². The number of likely N-dealkylation sites (tertiary alicyclic amines) is 1. The third-order valence-corrected chi connectivity index (χ3v) is 4.31. The predicted octanol–water partition coefficient (Wildman–Crippen LogP) is 1.89. The molecule has 2 amide bonds. The number of hydrogen-bond acceptors (Lipinski definition) is 3. The molecule has 1 heterocycles. The quantitative estimate of drug-likeness (QED) is 0.896. The molecule has 25 heavy (non-hydrogen) atoms. The van der Waals surface area contributed by atoms with Gasteiger partial charge in [-0.2, -0.15) is 0 Å². The lowest BCUT2D eigenvalue weighted by atomic mass is 10.1. The van der Waals surface area contributed by atoms with Crippen molar-refractivity contribution < 1.29 is 28.3 Å². The Morgan fingerprint density at radius 1 is 1.20 bits per heavy atom. The van der Waals surface area contributed by atoms with E-state index in [9.17, 15) is 23.2 Å². The van der Waals surface area contributed by atoms with E-state index in [0.717, 1.165) is 12.1 Å². The summed E-state index contributed by atoms with van der Waals surface area (Å²) in [7, 11) is 0. The van der Waals surface area contributed by atoms with Gasteiger partial charge in [0.15, 0.2) is 0 Å². The second kappa shape index (κ2) is 8.04. The molecule has 0 radical (unpaired) electrons. The molecule has 1 saturated heterocycles. The second-order valence-corrected chi connectivity index (χ2v) is 6.01. The normalized spacial score (nSPS) is 17.7. The third kappa shape index (κ3) is 4.52. The maximum Gasteiger partial charge on any atom is 0.323 e. The molecular formula is C17H20F2N2O4. The van der Waals surface area contributed by atoms with Gasteiger partial charge in [0.1, 0.15) is 23.7 Å². The zero-order valence-corrected chi connectivity index (χ0v) is 13.9. The summed E-state index contributed by atoms with van der Waals surface area (Å²) in [6.07, 6.45) is 1.39. The van der Waals surface area contributed by atoms with Crippen LogP contribution in [0.2, 0.25) is 0 Å². The van der Waals surface area contributed by atoms with E-state index in [4.69, 9.17) is 5.11 Å². The van der Waals surface area contributed by atoms with E-state index in [2.05, 4.69) is 0 Å². The van der Waals surface area contributed by atoms with Gasteiger partial charge >= 0.3 is 5.97 Å². The van der Waals surface area contributed by atoms with Crippen LogP contribution in [0.3, 0.4) is 0 Å². The van der Waals surface area contributed by atoms with E-state index in [0.29, 0.717) is 25.8 Å². The molecule has 1 aliphatic rings. The predicted molar refractivity (Wildman–Crippen MR) is 84.9 cm³/mol. The number of carbonyl (C=O) groups excluding carboxylic acids is 2. The molecule has 0 spiro atoms. The lowest BCUT2D eigenvalue weighted by molar-refractivity contribution is -0.145. The van der Waals surface area contributed by atoms with Crippen LogP contribution in [0.15, 0.2) is 18.2 Å². The van der Waals surface area contributed by atoms with Gasteiger partial charge in [-0.1, -0.05) is 6.07 Å². The standard InChI is InChI=1S/C17H20F2N2O4/c1-11(22)21(10-15(23)24)12-4-3-8-20(9-7-12)17(25)16-13(18)5-2-6-14(16)19/h2,5-6,12H,3-4,7-10H2,1H3,(H,23,24). The minimum absolute atomic E-state index is 0.195. The summed E-state index contributed by atoms with van der Waals surface area (Å²) in [4.78, 5) is 37.7. The number of benzene rings is 1. The maximum absolute atomic E-state index is 13.8. The fourth-order valence-corrected chi connectivity index (χ4v) is 3.10. The first-order valence-corrected chi connectivity index (χ1v) is 8.03. The van der Waals surface area contributed by atoms with Crippen molar-refractivity contribution in [3.05, 3.63) is 35.4 Å². The van der Waals surface area contributed by atoms with Gasteiger partial charge in [0, 0.05) is 26.1 Å². The SMILES string of the molecule is CC(=O)N(CC(=O)O)C1CCCN(C(=O)c2c(F)cccc2F)CC1. The summed E-state index contributed by atoms with van der Waals surface area (Å²) >= 11 is 0. The first-order valence-electron chi connectivity index (χ1n) is 8.03. The van der Waals surface area contributed by atoms with Gasteiger partial charge in [0.2, 0.25) is 5.91 Å². The van der Waals surface area contributed by atoms with E-state index >= 15 is 0 Å². The van der Waals surface area contributed by atoms with Gasteiger partial charge in [-0.25, -0.2) is 8.78 Å². The van der Waals surface area contributed by atoms with E-state index in [1.165, 1.54) is 22.8 Å². The Balaban J connectivity index is 2.11. The van der Waals surface area contributed by atoms with Crippen molar-refractivity contribution in [1.82, 2.24) is 9.80 Å². The van der Waals surface area contributed by atoms with Crippen LogP contribution in [0.25, 0.3) is 0 Å². The minimum Gasteiger partial charge on any atom is -0.480 e. The van der Waals surface area contributed by atoms with Crippen molar-refractivity contribution >= 4 is 17.8 Å². The fraction of sp³-hybridized carbons (Fsp3) is 0.471.